The first kappa shape index (κ1) is 16.3. The van der Waals surface area contributed by atoms with Gasteiger partial charge in [0.25, 0.3) is 5.91 Å². The lowest BCUT2D eigenvalue weighted by Crippen LogP contribution is -2.43. The highest BCUT2D eigenvalue weighted by Crippen LogP contribution is 2.24. The second kappa shape index (κ2) is 7.82. The Hall–Kier alpha value is -2.04. The van der Waals surface area contributed by atoms with Gasteiger partial charge in [-0.1, -0.05) is 19.8 Å². The quantitative estimate of drug-likeness (QED) is 0.820. The summed E-state index contributed by atoms with van der Waals surface area (Å²) >= 11 is 0. The zero-order valence-electron chi connectivity index (χ0n) is 13.1. The molecule has 5 heteroatoms. The topological polar surface area (TPSA) is 64.6 Å². The summed E-state index contributed by atoms with van der Waals surface area (Å²) in [6.45, 7) is 2.08. The van der Waals surface area contributed by atoms with E-state index < -0.39 is 0 Å². The molecule has 22 heavy (non-hydrogen) atoms. The summed E-state index contributed by atoms with van der Waals surface area (Å²) in [7, 11) is 1.53. The molecule has 5 nitrogen and oxygen atoms in total. The molecule has 0 unspecified atom stereocenters. The van der Waals surface area contributed by atoms with Crippen molar-refractivity contribution in [2.24, 2.45) is 5.92 Å². The lowest BCUT2D eigenvalue weighted by Gasteiger charge is -2.29. The largest absolute Gasteiger partial charge is 0.497 e. The fourth-order valence-corrected chi connectivity index (χ4v) is 2.80. The van der Waals surface area contributed by atoms with E-state index in [-0.39, 0.29) is 18.6 Å². The summed E-state index contributed by atoms with van der Waals surface area (Å²) in [5.41, 5.74) is 0.373. The molecule has 0 spiro atoms. The van der Waals surface area contributed by atoms with Crippen LogP contribution in [0.4, 0.5) is 0 Å². The van der Waals surface area contributed by atoms with Crippen LogP contribution in [0.3, 0.4) is 0 Å². The first-order chi connectivity index (χ1) is 10.6. The van der Waals surface area contributed by atoms with Crippen LogP contribution >= 0.6 is 0 Å². The number of benzene rings is 1. The van der Waals surface area contributed by atoms with Gasteiger partial charge in [-0.15, -0.1) is 0 Å². The standard InChI is InChI=1S/C17H23NO4/c1-12-5-3-4-6-15(12)18-17(20)11-22-16-8-7-14(21-2)9-13(16)10-19/h7-10,12,15H,3-6,11H2,1-2H3,(H,18,20)/t12-,15-/m1/s1. The molecule has 1 aliphatic rings. The van der Waals surface area contributed by atoms with E-state index in [0.717, 1.165) is 19.3 Å². The molecule has 1 saturated carbocycles. The Morgan fingerprint density at radius 2 is 2.14 bits per heavy atom. The molecular weight excluding hydrogens is 282 g/mol. The number of amides is 1. The minimum Gasteiger partial charge on any atom is -0.497 e. The molecular formula is C17H23NO4. The lowest BCUT2D eigenvalue weighted by molar-refractivity contribution is -0.124. The maximum Gasteiger partial charge on any atom is 0.258 e. The third kappa shape index (κ3) is 4.23. The van der Waals surface area contributed by atoms with Gasteiger partial charge in [0.1, 0.15) is 11.5 Å². The molecule has 1 aromatic rings. The molecule has 1 aromatic carbocycles. The molecule has 0 heterocycles. The SMILES string of the molecule is COc1ccc(OCC(=O)N[C@@H]2CCCC[C@H]2C)c(C=O)c1. The Morgan fingerprint density at radius 3 is 2.82 bits per heavy atom. The predicted octanol–water partition coefficient (Wildman–Crippen LogP) is 2.58. The average Bonchev–Trinajstić information content (AvgIpc) is 2.55. The smallest absolute Gasteiger partial charge is 0.258 e. The second-order valence-corrected chi connectivity index (χ2v) is 5.75. The van der Waals surface area contributed by atoms with Gasteiger partial charge in [0.15, 0.2) is 12.9 Å². The number of methoxy groups -OCH3 is 1. The molecule has 1 fully saturated rings. The van der Waals surface area contributed by atoms with Crippen LogP contribution in [-0.2, 0) is 4.79 Å². The minimum absolute atomic E-state index is 0.0869. The van der Waals surface area contributed by atoms with Crippen LogP contribution < -0.4 is 14.8 Å². The molecule has 120 valence electrons. The first-order valence-electron chi connectivity index (χ1n) is 7.69. The van der Waals surface area contributed by atoms with Gasteiger partial charge < -0.3 is 14.8 Å². The Balaban J connectivity index is 1.89. The van der Waals surface area contributed by atoms with Crippen molar-refractivity contribution in [1.82, 2.24) is 5.32 Å². The van der Waals surface area contributed by atoms with Crippen LogP contribution in [0.15, 0.2) is 18.2 Å². The average molecular weight is 305 g/mol. The highest BCUT2D eigenvalue weighted by molar-refractivity contribution is 5.81. The summed E-state index contributed by atoms with van der Waals surface area (Å²) < 4.78 is 10.5. The fourth-order valence-electron chi connectivity index (χ4n) is 2.80. The van der Waals surface area contributed by atoms with Crippen molar-refractivity contribution >= 4 is 12.2 Å². The third-order valence-corrected chi connectivity index (χ3v) is 4.16. The van der Waals surface area contributed by atoms with E-state index >= 15 is 0 Å². The maximum atomic E-state index is 12.0. The van der Waals surface area contributed by atoms with Crippen LogP contribution in [0, 0.1) is 5.92 Å². The second-order valence-electron chi connectivity index (χ2n) is 5.75. The van der Waals surface area contributed by atoms with Gasteiger partial charge in [-0.25, -0.2) is 0 Å². The van der Waals surface area contributed by atoms with Gasteiger partial charge in [-0.3, -0.25) is 9.59 Å². The molecule has 0 aliphatic heterocycles. The highest BCUT2D eigenvalue weighted by atomic mass is 16.5. The van der Waals surface area contributed by atoms with Crippen LogP contribution in [0.1, 0.15) is 43.0 Å². The predicted molar refractivity (Wildman–Crippen MR) is 83.4 cm³/mol. The normalized spacial score (nSPS) is 21.0. The number of hydrogen-bond acceptors (Lipinski definition) is 4. The van der Waals surface area contributed by atoms with E-state index in [2.05, 4.69) is 12.2 Å². The van der Waals surface area contributed by atoms with E-state index in [9.17, 15) is 9.59 Å². The molecule has 2 atom stereocenters. The molecule has 0 bridgehead atoms. The van der Waals surface area contributed by atoms with Crippen LogP contribution in [0.25, 0.3) is 0 Å². The maximum absolute atomic E-state index is 12.0. The van der Waals surface area contributed by atoms with Crippen LogP contribution in [0.2, 0.25) is 0 Å². The van der Waals surface area contributed by atoms with E-state index in [1.165, 1.54) is 13.5 Å². The molecule has 2 rings (SSSR count). The van der Waals surface area contributed by atoms with Crippen molar-refractivity contribution < 1.29 is 19.1 Å². The van der Waals surface area contributed by atoms with Crippen molar-refractivity contribution in [2.45, 2.75) is 38.6 Å². The number of carbonyl (C=O) groups is 2. The van der Waals surface area contributed by atoms with Gasteiger partial charge in [-0.05, 0) is 37.0 Å². The Bertz CT molecular complexity index is 529. The van der Waals surface area contributed by atoms with Gasteiger partial charge >= 0.3 is 0 Å². The summed E-state index contributed by atoms with van der Waals surface area (Å²) in [4.78, 5) is 23.1. The summed E-state index contributed by atoms with van der Waals surface area (Å²) in [5, 5.41) is 3.02. The number of hydrogen-bond donors (Lipinski definition) is 1. The Labute approximate surface area is 131 Å². The molecule has 0 radical (unpaired) electrons. The lowest BCUT2D eigenvalue weighted by atomic mass is 9.86. The van der Waals surface area contributed by atoms with E-state index in [1.54, 1.807) is 18.2 Å². The number of rotatable bonds is 6. The monoisotopic (exact) mass is 305 g/mol. The van der Waals surface area contributed by atoms with Crippen molar-refractivity contribution in [3.8, 4) is 11.5 Å². The minimum atomic E-state index is -0.147. The van der Waals surface area contributed by atoms with E-state index in [1.807, 2.05) is 0 Å². The molecule has 1 aliphatic carbocycles. The summed E-state index contributed by atoms with van der Waals surface area (Å²) in [5.74, 6) is 1.33. The van der Waals surface area contributed by atoms with Gasteiger partial charge in [-0.2, -0.15) is 0 Å². The molecule has 0 saturated heterocycles. The third-order valence-electron chi connectivity index (χ3n) is 4.16. The van der Waals surface area contributed by atoms with Crippen LogP contribution in [-0.4, -0.2) is 32.0 Å². The van der Waals surface area contributed by atoms with Crippen molar-refractivity contribution in [2.75, 3.05) is 13.7 Å². The van der Waals surface area contributed by atoms with Crippen molar-refractivity contribution in [1.29, 1.82) is 0 Å². The Morgan fingerprint density at radius 1 is 1.36 bits per heavy atom. The number of carbonyl (C=O) groups excluding carboxylic acids is 2. The van der Waals surface area contributed by atoms with Gasteiger partial charge in [0.05, 0.1) is 12.7 Å². The number of ether oxygens (including phenoxy) is 2. The summed E-state index contributed by atoms with van der Waals surface area (Å²) in [6, 6.07) is 5.15. The van der Waals surface area contributed by atoms with Crippen LogP contribution in [0.5, 0.6) is 11.5 Å². The zero-order valence-corrected chi connectivity index (χ0v) is 13.1. The van der Waals surface area contributed by atoms with Gasteiger partial charge in [0, 0.05) is 6.04 Å². The van der Waals surface area contributed by atoms with Gasteiger partial charge in [0.2, 0.25) is 0 Å². The van der Waals surface area contributed by atoms with Crippen molar-refractivity contribution in [3.63, 3.8) is 0 Å². The number of nitrogens with one attached hydrogen (secondary N) is 1. The zero-order chi connectivity index (χ0) is 15.9. The first-order valence-corrected chi connectivity index (χ1v) is 7.69. The Kier molecular flexibility index (Phi) is 5.81. The highest BCUT2D eigenvalue weighted by Gasteiger charge is 2.22. The van der Waals surface area contributed by atoms with E-state index in [4.69, 9.17) is 9.47 Å². The fraction of sp³-hybridized carbons (Fsp3) is 0.529. The molecule has 0 aromatic heterocycles. The molecule has 1 amide bonds. The molecule has 1 N–H and O–H groups in total. The number of aldehydes is 1. The van der Waals surface area contributed by atoms with Crippen molar-refractivity contribution in [3.05, 3.63) is 23.8 Å². The summed E-state index contributed by atoms with van der Waals surface area (Å²) in [6.07, 6.45) is 5.26. The van der Waals surface area contributed by atoms with E-state index in [0.29, 0.717) is 29.3 Å².